The summed E-state index contributed by atoms with van der Waals surface area (Å²) in [5.41, 5.74) is 4.73. The lowest BCUT2D eigenvalue weighted by Gasteiger charge is -2.20. The largest absolute Gasteiger partial charge is 0.393 e. The van der Waals surface area contributed by atoms with Gasteiger partial charge in [-0.25, -0.2) is 8.42 Å². The molecule has 1 saturated carbocycles. The minimum atomic E-state index is -4.05. The van der Waals surface area contributed by atoms with Crippen LogP contribution in [0.1, 0.15) is 19.3 Å². The molecule has 0 heterocycles. The number of para-hydroxylation sites is 1. The quantitative estimate of drug-likeness (QED) is 0.478. The number of hydrogen-bond donors (Lipinski definition) is 1. The Bertz CT molecular complexity index is 706. The minimum absolute atomic E-state index is 0.0233. The summed E-state index contributed by atoms with van der Waals surface area (Å²) in [5, 5.41) is 19.7. The topological polar surface area (TPSA) is 130 Å². The van der Waals surface area contributed by atoms with Crippen LogP contribution in [0, 0.1) is 21.4 Å². The monoisotopic (exact) mass is 310 g/mol. The fraction of sp³-hybridized carbons (Fsp3) is 0.417. The molecule has 1 aliphatic carbocycles. The normalized spacial score (nSPS) is 14.9. The van der Waals surface area contributed by atoms with Crippen molar-refractivity contribution in [2.75, 3.05) is 12.3 Å². The van der Waals surface area contributed by atoms with Crippen LogP contribution in [-0.2, 0) is 10.0 Å². The molecule has 9 heteroatoms. The van der Waals surface area contributed by atoms with Crippen LogP contribution < -0.4 is 5.73 Å². The molecule has 0 aromatic heterocycles. The maximum absolute atomic E-state index is 12.7. The molecule has 0 spiro atoms. The van der Waals surface area contributed by atoms with Crippen LogP contribution in [0.4, 0.5) is 11.4 Å². The van der Waals surface area contributed by atoms with Gasteiger partial charge in [0.1, 0.15) is 5.69 Å². The van der Waals surface area contributed by atoms with Crippen LogP contribution >= 0.6 is 0 Å². The first-order valence-electron chi connectivity index (χ1n) is 6.31. The highest BCUT2D eigenvalue weighted by Gasteiger charge is 2.41. The highest BCUT2D eigenvalue weighted by Crippen LogP contribution is 2.37. The van der Waals surface area contributed by atoms with E-state index in [9.17, 15) is 18.5 Å². The van der Waals surface area contributed by atoms with Gasteiger partial charge < -0.3 is 5.73 Å². The molecule has 0 radical (unpaired) electrons. The molecule has 0 aliphatic heterocycles. The Balaban J connectivity index is 2.50. The van der Waals surface area contributed by atoms with E-state index < -0.39 is 25.5 Å². The molecule has 2 rings (SSSR count). The van der Waals surface area contributed by atoms with Crippen LogP contribution in [0.5, 0.6) is 0 Å². The van der Waals surface area contributed by atoms with Gasteiger partial charge in [-0.05, 0) is 25.0 Å². The minimum Gasteiger partial charge on any atom is -0.393 e. The summed E-state index contributed by atoms with van der Waals surface area (Å²) >= 11 is 0. The summed E-state index contributed by atoms with van der Waals surface area (Å²) in [4.78, 5) is 9.89. The van der Waals surface area contributed by atoms with E-state index in [-0.39, 0.29) is 24.7 Å². The number of benzene rings is 1. The Kier molecular flexibility index (Phi) is 4.11. The highest BCUT2D eigenvalue weighted by molar-refractivity contribution is 7.89. The lowest BCUT2D eigenvalue weighted by Crippen LogP contribution is -2.34. The van der Waals surface area contributed by atoms with Crippen LogP contribution in [0.3, 0.4) is 0 Å². The second kappa shape index (κ2) is 5.67. The van der Waals surface area contributed by atoms with Crippen LogP contribution in [-0.4, -0.2) is 30.2 Å². The number of nitro groups is 1. The molecule has 112 valence electrons. The Morgan fingerprint density at radius 2 is 2.14 bits per heavy atom. The molecule has 1 aromatic rings. The molecular weight excluding hydrogens is 296 g/mol. The zero-order valence-corrected chi connectivity index (χ0v) is 11.9. The number of nitrogen functional groups attached to an aromatic ring is 1. The summed E-state index contributed by atoms with van der Waals surface area (Å²) in [6.45, 7) is 0.0233. The third kappa shape index (κ3) is 2.96. The molecule has 1 aromatic carbocycles. The molecule has 1 fully saturated rings. The Morgan fingerprint density at radius 3 is 2.67 bits per heavy atom. The first kappa shape index (κ1) is 15.2. The number of anilines is 1. The summed E-state index contributed by atoms with van der Waals surface area (Å²) in [5.74, 6) is 0. The fourth-order valence-electron chi connectivity index (χ4n) is 2.09. The molecule has 0 atom stereocenters. The number of hydrogen-bond acceptors (Lipinski definition) is 6. The van der Waals surface area contributed by atoms with Gasteiger partial charge in [-0.2, -0.15) is 9.57 Å². The molecule has 8 nitrogen and oxygen atoms in total. The number of sulfonamides is 1. The van der Waals surface area contributed by atoms with Crippen molar-refractivity contribution < 1.29 is 13.3 Å². The van der Waals surface area contributed by atoms with E-state index in [4.69, 9.17) is 11.0 Å². The van der Waals surface area contributed by atoms with Crippen molar-refractivity contribution in [3.8, 4) is 6.07 Å². The SMILES string of the molecule is N#CCCN(C1CC1)S(=O)(=O)c1cccc(N)c1[N+](=O)[O-]. The average Bonchev–Trinajstić information content (AvgIpc) is 3.22. The van der Waals surface area contributed by atoms with Crippen molar-refractivity contribution in [3.05, 3.63) is 28.3 Å². The van der Waals surface area contributed by atoms with Gasteiger partial charge in [0, 0.05) is 19.0 Å². The van der Waals surface area contributed by atoms with Crippen LogP contribution in [0.15, 0.2) is 23.1 Å². The van der Waals surface area contributed by atoms with E-state index in [0.29, 0.717) is 12.8 Å². The summed E-state index contributed by atoms with van der Waals surface area (Å²) in [6.07, 6.45) is 1.42. The maximum atomic E-state index is 12.7. The molecule has 0 bridgehead atoms. The van der Waals surface area contributed by atoms with Crippen molar-refractivity contribution in [1.82, 2.24) is 4.31 Å². The Hall–Kier alpha value is -2.18. The van der Waals surface area contributed by atoms with Gasteiger partial charge in [-0.15, -0.1) is 0 Å². The zero-order valence-electron chi connectivity index (χ0n) is 11.1. The predicted molar refractivity (Wildman–Crippen MR) is 74.7 cm³/mol. The third-order valence-corrected chi connectivity index (χ3v) is 5.18. The summed E-state index contributed by atoms with van der Waals surface area (Å²) < 4.78 is 26.5. The van der Waals surface area contributed by atoms with Crippen molar-refractivity contribution in [2.45, 2.75) is 30.2 Å². The van der Waals surface area contributed by atoms with Gasteiger partial charge in [-0.3, -0.25) is 10.1 Å². The standard InChI is InChI=1S/C12H14N4O4S/c13-7-2-8-15(9-5-6-9)21(19,20)11-4-1-3-10(14)12(11)16(17)18/h1,3-4,9H,2,5-6,8,14H2. The van der Waals surface area contributed by atoms with E-state index in [0.717, 1.165) is 4.31 Å². The molecule has 2 N–H and O–H groups in total. The fourth-order valence-corrected chi connectivity index (χ4v) is 3.97. The van der Waals surface area contributed by atoms with Crippen LogP contribution in [0.25, 0.3) is 0 Å². The van der Waals surface area contributed by atoms with Gasteiger partial charge in [0.25, 0.3) is 0 Å². The van der Waals surface area contributed by atoms with Crippen molar-refractivity contribution in [3.63, 3.8) is 0 Å². The first-order chi connectivity index (χ1) is 9.89. The molecule has 1 aliphatic rings. The predicted octanol–water partition coefficient (Wildman–Crippen LogP) is 1.24. The van der Waals surface area contributed by atoms with Gasteiger partial charge in [0.05, 0.1) is 11.0 Å². The molecule has 0 saturated heterocycles. The van der Waals surface area contributed by atoms with Gasteiger partial charge >= 0.3 is 5.69 Å². The number of rotatable bonds is 6. The number of nitro benzene ring substituents is 1. The van der Waals surface area contributed by atoms with E-state index >= 15 is 0 Å². The Labute approximate surface area is 122 Å². The van der Waals surface area contributed by atoms with Gasteiger partial charge in [0.2, 0.25) is 10.0 Å². The van der Waals surface area contributed by atoms with E-state index in [1.54, 1.807) is 0 Å². The summed E-state index contributed by atoms with van der Waals surface area (Å²) in [6, 6.07) is 5.52. The maximum Gasteiger partial charge on any atom is 0.312 e. The first-order valence-corrected chi connectivity index (χ1v) is 7.75. The van der Waals surface area contributed by atoms with E-state index in [1.165, 1.54) is 18.2 Å². The van der Waals surface area contributed by atoms with Crippen molar-refractivity contribution in [2.24, 2.45) is 0 Å². The van der Waals surface area contributed by atoms with E-state index in [1.807, 2.05) is 6.07 Å². The number of nitrogens with zero attached hydrogens (tertiary/aromatic N) is 3. The lowest BCUT2D eigenvalue weighted by atomic mass is 10.3. The number of nitriles is 1. The summed E-state index contributed by atoms with van der Waals surface area (Å²) in [7, 11) is -4.05. The zero-order chi connectivity index (χ0) is 15.6. The molecule has 0 amide bonds. The van der Waals surface area contributed by atoms with Crippen LogP contribution in [0.2, 0.25) is 0 Å². The lowest BCUT2D eigenvalue weighted by molar-refractivity contribution is -0.386. The van der Waals surface area contributed by atoms with Crippen molar-refractivity contribution in [1.29, 1.82) is 5.26 Å². The van der Waals surface area contributed by atoms with Crippen molar-refractivity contribution >= 4 is 21.4 Å². The smallest absolute Gasteiger partial charge is 0.312 e. The average molecular weight is 310 g/mol. The second-order valence-electron chi connectivity index (χ2n) is 4.71. The molecule has 0 unspecified atom stereocenters. The van der Waals surface area contributed by atoms with Gasteiger partial charge in [0.15, 0.2) is 4.90 Å². The highest BCUT2D eigenvalue weighted by atomic mass is 32.2. The molecule has 21 heavy (non-hydrogen) atoms. The van der Waals surface area contributed by atoms with E-state index in [2.05, 4.69) is 0 Å². The second-order valence-corrected chi connectivity index (χ2v) is 6.57. The van der Waals surface area contributed by atoms with Gasteiger partial charge in [-0.1, -0.05) is 6.07 Å². The third-order valence-electron chi connectivity index (χ3n) is 3.20. The Morgan fingerprint density at radius 1 is 1.48 bits per heavy atom. The number of nitrogens with two attached hydrogens (primary N) is 1. The molecular formula is C12H14N4O4S.